The molecule has 0 unspecified atom stereocenters. The summed E-state index contributed by atoms with van der Waals surface area (Å²) in [5.74, 6) is -1.01. The van der Waals surface area contributed by atoms with Gasteiger partial charge < -0.3 is 5.32 Å². The molecular formula is C16H23FN4O3S2. The van der Waals surface area contributed by atoms with E-state index in [-0.39, 0.29) is 29.1 Å². The van der Waals surface area contributed by atoms with Crippen LogP contribution in [0.3, 0.4) is 0 Å². The number of hydrogen-bond acceptors (Lipinski definition) is 4. The number of sulfonamides is 1. The summed E-state index contributed by atoms with van der Waals surface area (Å²) in [5.41, 5.74) is 5.96. The van der Waals surface area contributed by atoms with Crippen molar-refractivity contribution >= 4 is 33.3 Å². The van der Waals surface area contributed by atoms with Gasteiger partial charge in [0.05, 0.1) is 11.7 Å². The molecule has 7 nitrogen and oxygen atoms in total. The molecule has 1 aliphatic rings. The number of halogens is 1. The minimum Gasteiger partial charge on any atom is -0.357 e. The lowest BCUT2D eigenvalue weighted by atomic mass is 9.99. The SMILES string of the molecule is CCS(=O)(=O)N1CCC[C@@H](C(=O)NNC(=S)NCc2ccc(F)cc2)C1. The van der Waals surface area contributed by atoms with E-state index >= 15 is 0 Å². The van der Waals surface area contributed by atoms with E-state index in [0.717, 1.165) is 5.56 Å². The highest BCUT2D eigenvalue weighted by Crippen LogP contribution is 2.19. The maximum atomic E-state index is 12.8. The highest BCUT2D eigenvalue weighted by Gasteiger charge is 2.31. The van der Waals surface area contributed by atoms with E-state index < -0.39 is 15.9 Å². The highest BCUT2D eigenvalue weighted by atomic mass is 32.2. The fraction of sp³-hybridized carbons (Fsp3) is 0.500. The average Bonchev–Trinajstić information content (AvgIpc) is 2.65. The molecule has 0 aromatic heterocycles. The molecule has 0 bridgehead atoms. The minimum atomic E-state index is -3.29. The van der Waals surface area contributed by atoms with Crippen molar-refractivity contribution < 1.29 is 17.6 Å². The lowest BCUT2D eigenvalue weighted by Gasteiger charge is -2.30. The third kappa shape index (κ3) is 5.89. The molecule has 0 saturated carbocycles. The van der Waals surface area contributed by atoms with Gasteiger partial charge >= 0.3 is 0 Å². The number of rotatable bonds is 5. The van der Waals surface area contributed by atoms with Crippen LogP contribution in [0.4, 0.5) is 4.39 Å². The van der Waals surface area contributed by atoms with Gasteiger partial charge in [0.15, 0.2) is 5.11 Å². The van der Waals surface area contributed by atoms with Crippen molar-refractivity contribution in [2.45, 2.75) is 26.3 Å². The van der Waals surface area contributed by atoms with Crippen LogP contribution in [0.15, 0.2) is 24.3 Å². The van der Waals surface area contributed by atoms with Crippen LogP contribution in [0.25, 0.3) is 0 Å². The second-order valence-electron chi connectivity index (χ2n) is 6.02. The van der Waals surface area contributed by atoms with Gasteiger partial charge in [-0.2, -0.15) is 0 Å². The number of amides is 1. The highest BCUT2D eigenvalue weighted by molar-refractivity contribution is 7.89. The second-order valence-corrected chi connectivity index (χ2v) is 8.69. The maximum absolute atomic E-state index is 12.8. The van der Waals surface area contributed by atoms with Gasteiger partial charge in [0.1, 0.15) is 5.82 Å². The van der Waals surface area contributed by atoms with Crippen LogP contribution in [-0.4, -0.2) is 42.6 Å². The first-order chi connectivity index (χ1) is 12.3. The second kappa shape index (κ2) is 9.24. The number of nitrogens with one attached hydrogen (secondary N) is 3. The molecule has 1 saturated heterocycles. The minimum absolute atomic E-state index is 0.0248. The van der Waals surface area contributed by atoms with Gasteiger partial charge in [0.25, 0.3) is 0 Å². The monoisotopic (exact) mass is 402 g/mol. The Morgan fingerprint density at radius 3 is 2.65 bits per heavy atom. The molecule has 1 aliphatic heterocycles. The number of carbonyl (C=O) groups excluding carboxylic acids is 1. The van der Waals surface area contributed by atoms with Gasteiger partial charge in [0, 0.05) is 19.6 Å². The zero-order chi connectivity index (χ0) is 19.2. The van der Waals surface area contributed by atoms with Crippen molar-refractivity contribution in [2.24, 2.45) is 5.92 Å². The number of hydrogen-bond donors (Lipinski definition) is 3. The molecule has 1 aromatic rings. The Labute approximate surface area is 158 Å². The van der Waals surface area contributed by atoms with E-state index in [2.05, 4.69) is 16.2 Å². The van der Waals surface area contributed by atoms with E-state index in [0.29, 0.717) is 25.9 Å². The predicted molar refractivity (Wildman–Crippen MR) is 101 cm³/mol. The third-order valence-corrected chi connectivity index (χ3v) is 6.27. The predicted octanol–water partition coefficient (Wildman–Crippen LogP) is 0.883. The lowest BCUT2D eigenvalue weighted by Crippen LogP contribution is -2.52. The van der Waals surface area contributed by atoms with Crippen LogP contribution in [-0.2, 0) is 21.4 Å². The third-order valence-electron chi connectivity index (χ3n) is 4.18. The lowest BCUT2D eigenvalue weighted by molar-refractivity contribution is -0.126. The summed E-state index contributed by atoms with van der Waals surface area (Å²) in [4.78, 5) is 12.3. The topological polar surface area (TPSA) is 90.5 Å². The maximum Gasteiger partial charge on any atom is 0.242 e. The summed E-state index contributed by atoms with van der Waals surface area (Å²) in [6.45, 7) is 2.60. The van der Waals surface area contributed by atoms with Crippen molar-refractivity contribution in [3.05, 3.63) is 35.6 Å². The summed E-state index contributed by atoms with van der Waals surface area (Å²) in [5, 5.41) is 3.11. The summed E-state index contributed by atoms with van der Waals surface area (Å²) in [7, 11) is -3.29. The number of benzene rings is 1. The Morgan fingerprint density at radius 2 is 2.00 bits per heavy atom. The van der Waals surface area contributed by atoms with Crippen LogP contribution in [0.1, 0.15) is 25.3 Å². The molecule has 144 valence electrons. The van der Waals surface area contributed by atoms with Crippen LogP contribution in [0.2, 0.25) is 0 Å². The number of piperidine rings is 1. The van der Waals surface area contributed by atoms with E-state index in [1.807, 2.05) is 0 Å². The van der Waals surface area contributed by atoms with E-state index in [9.17, 15) is 17.6 Å². The van der Waals surface area contributed by atoms with Crippen molar-refractivity contribution in [2.75, 3.05) is 18.8 Å². The fourth-order valence-electron chi connectivity index (χ4n) is 2.64. The molecule has 26 heavy (non-hydrogen) atoms. The molecule has 1 amide bonds. The van der Waals surface area contributed by atoms with Crippen molar-refractivity contribution in [3.63, 3.8) is 0 Å². The molecule has 1 fully saturated rings. The summed E-state index contributed by atoms with van der Waals surface area (Å²) < 4.78 is 38.1. The van der Waals surface area contributed by atoms with Gasteiger partial charge in [-0.3, -0.25) is 15.6 Å². The Bertz CT molecular complexity index is 740. The van der Waals surface area contributed by atoms with E-state index in [1.165, 1.54) is 16.4 Å². The quantitative estimate of drug-likeness (QED) is 0.500. The largest absolute Gasteiger partial charge is 0.357 e. The Kier molecular flexibility index (Phi) is 7.30. The van der Waals surface area contributed by atoms with Gasteiger partial charge in [0.2, 0.25) is 15.9 Å². The molecule has 0 spiro atoms. The number of thiocarbonyl (C=S) groups is 1. The van der Waals surface area contributed by atoms with Gasteiger partial charge in [-0.1, -0.05) is 12.1 Å². The number of nitrogens with zero attached hydrogens (tertiary/aromatic N) is 1. The summed E-state index contributed by atoms with van der Waals surface area (Å²) in [6.07, 6.45) is 1.27. The zero-order valence-electron chi connectivity index (χ0n) is 14.5. The standard InChI is InChI=1S/C16H23FN4O3S2/c1-2-26(23,24)21-9-3-4-13(11-21)15(22)19-20-16(25)18-10-12-5-7-14(17)8-6-12/h5-8,13H,2-4,9-11H2,1H3,(H,19,22)(H2,18,20,25)/t13-/m1/s1. The molecule has 2 rings (SSSR count). The molecule has 1 aromatic carbocycles. The molecule has 3 N–H and O–H groups in total. The van der Waals surface area contributed by atoms with Crippen LogP contribution < -0.4 is 16.2 Å². The zero-order valence-corrected chi connectivity index (χ0v) is 16.1. The van der Waals surface area contributed by atoms with Crippen LogP contribution in [0.5, 0.6) is 0 Å². The summed E-state index contributed by atoms with van der Waals surface area (Å²) >= 11 is 5.08. The Balaban J connectivity index is 1.76. The van der Waals surface area contributed by atoms with Gasteiger partial charge in [-0.05, 0) is 49.7 Å². The van der Waals surface area contributed by atoms with Crippen LogP contribution in [0, 0.1) is 11.7 Å². The van der Waals surface area contributed by atoms with Gasteiger partial charge in [-0.15, -0.1) is 0 Å². The molecule has 1 atom stereocenters. The first-order valence-corrected chi connectivity index (χ1v) is 10.4. The van der Waals surface area contributed by atoms with Crippen molar-refractivity contribution in [1.82, 2.24) is 20.5 Å². The van der Waals surface area contributed by atoms with Crippen molar-refractivity contribution in [1.29, 1.82) is 0 Å². The average molecular weight is 403 g/mol. The van der Waals surface area contributed by atoms with Crippen LogP contribution >= 0.6 is 12.2 Å². The molecule has 10 heteroatoms. The normalized spacial score (nSPS) is 18.2. The summed E-state index contributed by atoms with van der Waals surface area (Å²) in [6, 6.07) is 5.98. The Morgan fingerprint density at radius 1 is 1.31 bits per heavy atom. The number of carbonyl (C=O) groups is 1. The smallest absolute Gasteiger partial charge is 0.242 e. The van der Waals surface area contributed by atoms with Gasteiger partial charge in [-0.25, -0.2) is 17.1 Å². The first-order valence-electron chi connectivity index (χ1n) is 8.38. The Hall–Kier alpha value is -1.78. The van der Waals surface area contributed by atoms with E-state index in [4.69, 9.17) is 12.2 Å². The molecule has 0 radical (unpaired) electrons. The molecule has 0 aliphatic carbocycles. The van der Waals surface area contributed by atoms with E-state index in [1.54, 1.807) is 19.1 Å². The molecule has 1 heterocycles. The first kappa shape index (κ1) is 20.5. The molecular weight excluding hydrogens is 379 g/mol. The fourth-order valence-corrected chi connectivity index (χ4v) is 3.94. The number of hydrazine groups is 1. The van der Waals surface area contributed by atoms with Crippen molar-refractivity contribution in [3.8, 4) is 0 Å².